The summed E-state index contributed by atoms with van der Waals surface area (Å²) >= 11 is 0. The Balaban J connectivity index is 1.43. The van der Waals surface area contributed by atoms with Gasteiger partial charge in [-0.3, -0.25) is 0 Å². The molecule has 2 N–H and O–H groups in total. The number of azo groups is 2. The molecule has 0 saturated carbocycles. The van der Waals surface area contributed by atoms with Crippen molar-refractivity contribution in [3.05, 3.63) is 96.1 Å². The lowest BCUT2D eigenvalue weighted by molar-refractivity contribution is 0.0588. The first-order chi connectivity index (χ1) is 18.4. The van der Waals surface area contributed by atoms with Gasteiger partial charge in [-0.25, -0.2) is 9.59 Å². The second-order valence-corrected chi connectivity index (χ2v) is 7.88. The molecule has 0 saturated heterocycles. The van der Waals surface area contributed by atoms with Crippen molar-refractivity contribution in [2.45, 2.75) is 0 Å². The Morgan fingerprint density at radius 3 is 1.18 bits per heavy atom. The minimum atomic E-state index is -0.663. The number of nitrogens with zero attached hydrogens (tertiary/aromatic N) is 4. The van der Waals surface area contributed by atoms with Crippen molar-refractivity contribution in [2.75, 3.05) is 14.2 Å². The molecule has 0 aromatic heterocycles. The van der Waals surface area contributed by atoms with E-state index in [9.17, 15) is 19.8 Å². The predicted octanol–water partition coefficient (Wildman–Crippen LogP) is 7.17. The first-order valence-electron chi connectivity index (χ1n) is 11.2. The molecule has 0 bridgehead atoms. The van der Waals surface area contributed by atoms with Crippen molar-refractivity contribution < 1.29 is 29.3 Å². The Bertz CT molecular complexity index is 1410. The molecule has 0 amide bonds. The van der Waals surface area contributed by atoms with E-state index in [4.69, 9.17) is 0 Å². The van der Waals surface area contributed by atoms with Gasteiger partial charge in [-0.2, -0.15) is 20.5 Å². The molecule has 0 aliphatic carbocycles. The maximum Gasteiger partial charge on any atom is 0.341 e. The van der Waals surface area contributed by atoms with Crippen molar-refractivity contribution in [3.8, 4) is 22.6 Å². The lowest BCUT2D eigenvalue weighted by Gasteiger charge is -2.04. The first-order valence-corrected chi connectivity index (χ1v) is 11.2. The molecule has 190 valence electrons. The van der Waals surface area contributed by atoms with Crippen LogP contribution in [0.3, 0.4) is 0 Å². The van der Waals surface area contributed by atoms with Gasteiger partial charge in [-0.15, -0.1) is 0 Å². The largest absolute Gasteiger partial charge is 0.507 e. The third-order valence-corrected chi connectivity index (χ3v) is 5.40. The van der Waals surface area contributed by atoms with Gasteiger partial charge in [-0.05, 0) is 71.8 Å². The lowest BCUT2D eigenvalue weighted by atomic mass is 10.1. The summed E-state index contributed by atoms with van der Waals surface area (Å²) in [5.74, 6) is -1.71. The summed E-state index contributed by atoms with van der Waals surface area (Å²) < 4.78 is 9.29. The molecule has 0 heterocycles. The van der Waals surface area contributed by atoms with Gasteiger partial charge in [0.05, 0.1) is 37.0 Å². The monoisotopic (exact) mass is 510 g/mol. The smallest absolute Gasteiger partial charge is 0.341 e. The molecule has 4 aromatic carbocycles. The Labute approximate surface area is 217 Å². The standard InChI is InChI=1S/C28H22N4O6/c1-37-27(35)23-15-21(11-13-25(23)33)31-29-19-7-3-17(4-8-19)18-5-9-20(10-6-18)30-32-22-12-14-26(34)24(16-22)28(36)38-2/h3-16,33-34H,1-2H3/b31-29+,32-30+. The van der Waals surface area contributed by atoms with Gasteiger partial charge in [0.15, 0.2) is 0 Å². The zero-order chi connectivity index (χ0) is 27.1. The van der Waals surface area contributed by atoms with Gasteiger partial charge in [0, 0.05) is 0 Å². The van der Waals surface area contributed by atoms with Crippen LogP contribution >= 0.6 is 0 Å². The second kappa shape index (κ2) is 11.6. The Hall–Kier alpha value is -5.38. The van der Waals surface area contributed by atoms with Gasteiger partial charge >= 0.3 is 11.9 Å². The number of ether oxygens (including phenoxy) is 2. The van der Waals surface area contributed by atoms with E-state index >= 15 is 0 Å². The number of rotatable bonds is 7. The number of carbonyl (C=O) groups is 2. The normalized spacial score (nSPS) is 11.1. The van der Waals surface area contributed by atoms with Crippen LogP contribution in [0.4, 0.5) is 22.7 Å². The van der Waals surface area contributed by atoms with E-state index in [0.717, 1.165) is 11.1 Å². The van der Waals surface area contributed by atoms with Crippen LogP contribution in [0.15, 0.2) is 105 Å². The predicted molar refractivity (Wildman–Crippen MR) is 139 cm³/mol. The summed E-state index contributed by atoms with van der Waals surface area (Å²) in [7, 11) is 2.46. The van der Waals surface area contributed by atoms with Crippen molar-refractivity contribution in [3.63, 3.8) is 0 Å². The first kappa shape index (κ1) is 25.7. The Morgan fingerprint density at radius 1 is 0.526 bits per heavy atom. The Morgan fingerprint density at radius 2 is 0.842 bits per heavy atom. The highest BCUT2D eigenvalue weighted by Gasteiger charge is 2.13. The van der Waals surface area contributed by atoms with Crippen molar-refractivity contribution in [1.29, 1.82) is 0 Å². The topological polar surface area (TPSA) is 142 Å². The Kier molecular flexibility index (Phi) is 7.83. The third-order valence-electron chi connectivity index (χ3n) is 5.40. The number of carbonyl (C=O) groups excluding carboxylic acids is 2. The molecule has 0 aliphatic heterocycles. The van der Waals surface area contributed by atoms with E-state index in [1.807, 2.05) is 24.3 Å². The fourth-order valence-corrected chi connectivity index (χ4v) is 3.39. The quantitative estimate of drug-likeness (QED) is 0.199. The molecule has 0 spiro atoms. The van der Waals surface area contributed by atoms with Crippen molar-refractivity contribution >= 4 is 34.7 Å². The molecule has 0 atom stereocenters. The van der Waals surface area contributed by atoms with Gasteiger partial charge in [0.25, 0.3) is 0 Å². The maximum absolute atomic E-state index is 11.7. The minimum Gasteiger partial charge on any atom is -0.507 e. The molecule has 10 heteroatoms. The van der Waals surface area contributed by atoms with E-state index in [2.05, 4.69) is 29.9 Å². The number of hydrogen-bond donors (Lipinski definition) is 2. The van der Waals surface area contributed by atoms with E-state index in [1.165, 1.54) is 50.6 Å². The molecule has 0 unspecified atom stereocenters. The number of phenols is 2. The molecule has 0 fully saturated rings. The maximum atomic E-state index is 11.7. The number of methoxy groups -OCH3 is 2. The highest BCUT2D eigenvalue weighted by Crippen LogP contribution is 2.29. The molecule has 0 radical (unpaired) electrons. The molecule has 4 aromatic rings. The highest BCUT2D eigenvalue weighted by molar-refractivity contribution is 5.93. The van der Waals surface area contributed by atoms with Crippen molar-refractivity contribution in [2.24, 2.45) is 20.5 Å². The number of phenolic OH excluding ortho intramolecular Hbond substituents is 2. The van der Waals surface area contributed by atoms with Crippen LogP contribution in [0.25, 0.3) is 11.1 Å². The lowest BCUT2D eigenvalue weighted by Crippen LogP contribution is -2.00. The molecule has 0 aliphatic rings. The van der Waals surface area contributed by atoms with E-state index in [-0.39, 0.29) is 22.6 Å². The van der Waals surface area contributed by atoms with Gasteiger partial charge in [0.2, 0.25) is 0 Å². The minimum absolute atomic E-state index is 0.0105. The van der Waals surface area contributed by atoms with Gasteiger partial charge < -0.3 is 19.7 Å². The molecule has 4 rings (SSSR count). The van der Waals surface area contributed by atoms with Crippen LogP contribution < -0.4 is 0 Å². The molecule has 38 heavy (non-hydrogen) atoms. The zero-order valence-electron chi connectivity index (χ0n) is 20.4. The number of benzene rings is 4. The summed E-state index contributed by atoms with van der Waals surface area (Å²) in [5.41, 5.74) is 3.92. The third kappa shape index (κ3) is 6.05. The second-order valence-electron chi connectivity index (χ2n) is 7.88. The SMILES string of the molecule is COC(=O)c1cc(/N=N/c2ccc(-c3ccc(/N=N/c4ccc(O)c(C(=O)OC)c4)cc3)cc2)ccc1O. The molecular formula is C28H22N4O6. The van der Waals surface area contributed by atoms with Crippen LogP contribution in [0.5, 0.6) is 11.5 Å². The zero-order valence-corrected chi connectivity index (χ0v) is 20.4. The van der Waals surface area contributed by atoms with Crippen LogP contribution in [0.2, 0.25) is 0 Å². The summed E-state index contributed by atoms with van der Waals surface area (Å²) in [6.07, 6.45) is 0. The average Bonchev–Trinajstić information content (AvgIpc) is 2.96. The van der Waals surface area contributed by atoms with Gasteiger partial charge in [-0.1, -0.05) is 24.3 Å². The number of hydrogen-bond acceptors (Lipinski definition) is 10. The molecular weight excluding hydrogens is 488 g/mol. The molecule has 10 nitrogen and oxygen atoms in total. The summed E-state index contributed by atoms with van der Waals surface area (Å²) in [6, 6.07) is 23.4. The fourth-order valence-electron chi connectivity index (χ4n) is 3.39. The van der Waals surface area contributed by atoms with E-state index in [1.54, 1.807) is 24.3 Å². The van der Waals surface area contributed by atoms with E-state index in [0.29, 0.717) is 22.7 Å². The summed E-state index contributed by atoms with van der Waals surface area (Å²) in [6.45, 7) is 0. The fraction of sp³-hybridized carbons (Fsp3) is 0.0714. The van der Waals surface area contributed by atoms with Crippen LogP contribution in [0, 0.1) is 0 Å². The number of aromatic hydroxyl groups is 2. The summed E-state index contributed by atoms with van der Waals surface area (Å²) in [5, 5.41) is 36.2. The highest BCUT2D eigenvalue weighted by atomic mass is 16.5. The summed E-state index contributed by atoms with van der Waals surface area (Å²) in [4.78, 5) is 23.4. The number of esters is 2. The van der Waals surface area contributed by atoms with E-state index < -0.39 is 11.9 Å². The van der Waals surface area contributed by atoms with Crippen molar-refractivity contribution in [1.82, 2.24) is 0 Å². The van der Waals surface area contributed by atoms with Crippen LogP contribution in [0.1, 0.15) is 20.7 Å². The van der Waals surface area contributed by atoms with Crippen LogP contribution in [-0.4, -0.2) is 36.4 Å². The van der Waals surface area contributed by atoms with Gasteiger partial charge in [0.1, 0.15) is 22.6 Å². The average molecular weight is 511 g/mol. The van der Waals surface area contributed by atoms with Crippen LogP contribution in [-0.2, 0) is 9.47 Å².